The number of aryl methyl sites for hydroxylation is 2. The van der Waals surface area contributed by atoms with Crippen molar-refractivity contribution >= 4 is 17.3 Å². The van der Waals surface area contributed by atoms with Gasteiger partial charge in [0.2, 0.25) is 0 Å². The van der Waals surface area contributed by atoms with Crippen molar-refractivity contribution in [3.63, 3.8) is 0 Å². The Morgan fingerprint density at radius 1 is 1.40 bits per heavy atom. The zero-order chi connectivity index (χ0) is 14.3. The third-order valence-electron chi connectivity index (χ3n) is 3.64. The lowest BCUT2D eigenvalue weighted by Gasteiger charge is -2.11. The van der Waals surface area contributed by atoms with Gasteiger partial charge >= 0.3 is 0 Å². The number of rotatable bonds is 4. The van der Waals surface area contributed by atoms with Gasteiger partial charge in [-0.1, -0.05) is 6.92 Å². The average Bonchev–Trinajstić information content (AvgIpc) is 3.19. The van der Waals surface area contributed by atoms with Crippen LogP contribution in [0, 0.1) is 6.92 Å². The summed E-state index contributed by atoms with van der Waals surface area (Å²) in [4.78, 5) is 9.03. The van der Waals surface area contributed by atoms with E-state index in [2.05, 4.69) is 27.3 Å². The summed E-state index contributed by atoms with van der Waals surface area (Å²) in [5.41, 5.74) is 8.90. The van der Waals surface area contributed by atoms with Gasteiger partial charge in [-0.25, -0.2) is 9.97 Å². The Kier molecular flexibility index (Phi) is 3.08. The van der Waals surface area contributed by atoms with Crippen molar-refractivity contribution in [2.24, 2.45) is 7.05 Å². The van der Waals surface area contributed by atoms with E-state index in [-0.39, 0.29) is 0 Å². The number of nitrogen functional groups attached to an aromatic ring is 1. The summed E-state index contributed by atoms with van der Waals surface area (Å²) < 4.78 is 1.81. The van der Waals surface area contributed by atoms with E-state index >= 15 is 0 Å². The molecule has 0 aromatic carbocycles. The molecule has 0 amide bonds. The Morgan fingerprint density at radius 2 is 2.15 bits per heavy atom. The second kappa shape index (κ2) is 4.77. The van der Waals surface area contributed by atoms with E-state index in [0.717, 1.165) is 47.8 Å². The largest absolute Gasteiger partial charge is 0.383 e. The van der Waals surface area contributed by atoms with Crippen LogP contribution >= 0.6 is 0 Å². The molecule has 106 valence electrons. The summed E-state index contributed by atoms with van der Waals surface area (Å²) in [6, 6.07) is 0. The molecule has 3 rings (SSSR count). The molecule has 6 heteroatoms. The van der Waals surface area contributed by atoms with Crippen LogP contribution in [0.15, 0.2) is 6.20 Å². The molecule has 1 aliphatic rings. The van der Waals surface area contributed by atoms with Crippen molar-refractivity contribution < 1.29 is 0 Å². The third-order valence-corrected chi connectivity index (χ3v) is 3.64. The third kappa shape index (κ3) is 2.33. The van der Waals surface area contributed by atoms with Gasteiger partial charge in [-0.05, 0) is 26.2 Å². The van der Waals surface area contributed by atoms with E-state index in [9.17, 15) is 0 Å². The van der Waals surface area contributed by atoms with E-state index in [1.54, 1.807) is 0 Å². The minimum absolute atomic E-state index is 0.484. The van der Waals surface area contributed by atoms with E-state index in [0.29, 0.717) is 11.7 Å². The summed E-state index contributed by atoms with van der Waals surface area (Å²) in [5.74, 6) is 2.70. The fraction of sp³-hybridized carbons (Fsp3) is 0.500. The molecular weight excluding hydrogens is 252 g/mol. The maximum atomic E-state index is 6.00. The quantitative estimate of drug-likeness (QED) is 0.892. The molecule has 1 saturated carbocycles. The van der Waals surface area contributed by atoms with Crippen LogP contribution in [-0.4, -0.2) is 19.7 Å². The van der Waals surface area contributed by atoms with Gasteiger partial charge in [0.25, 0.3) is 0 Å². The van der Waals surface area contributed by atoms with Crippen LogP contribution in [-0.2, 0) is 13.5 Å². The maximum absolute atomic E-state index is 6.00. The molecule has 0 spiro atoms. The van der Waals surface area contributed by atoms with Crippen molar-refractivity contribution in [3.05, 3.63) is 23.3 Å². The van der Waals surface area contributed by atoms with Crippen LogP contribution in [0.5, 0.6) is 0 Å². The first-order valence-corrected chi connectivity index (χ1v) is 7.02. The number of hydrogen-bond donors (Lipinski definition) is 2. The molecule has 1 aliphatic carbocycles. The lowest BCUT2D eigenvalue weighted by Crippen LogP contribution is -2.07. The molecular formula is C14H20N6. The van der Waals surface area contributed by atoms with Crippen LogP contribution in [0.3, 0.4) is 0 Å². The van der Waals surface area contributed by atoms with Gasteiger partial charge in [0.15, 0.2) is 0 Å². The highest BCUT2D eigenvalue weighted by Gasteiger charge is 2.28. The van der Waals surface area contributed by atoms with Crippen LogP contribution in [0.1, 0.15) is 42.8 Å². The fourth-order valence-electron chi connectivity index (χ4n) is 2.23. The molecule has 20 heavy (non-hydrogen) atoms. The monoisotopic (exact) mass is 272 g/mol. The summed E-state index contributed by atoms with van der Waals surface area (Å²) in [6.07, 6.45) is 5.16. The van der Waals surface area contributed by atoms with Gasteiger partial charge in [0, 0.05) is 24.7 Å². The Bertz CT molecular complexity index is 641. The van der Waals surface area contributed by atoms with Crippen molar-refractivity contribution in [1.82, 2.24) is 19.7 Å². The molecule has 0 saturated heterocycles. The molecule has 1 fully saturated rings. The molecule has 0 unspecified atom stereocenters. The zero-order valence-corrected chi connectivity index (χ0v) is 12.1. The molecule has 0 radical (unpaired) electrons. The van der Waals surface area contributed by atoms with Crippen LogP contribution < -0.4 is 11.1 Å². The van der Waals surface area contributed by atoms with E-state index < -0.39 is 0 Å². The number of aromatic nitrogens is 4. The van der Waals surface area contributed by atoms with Gasteiger partial charge < -0.3 is 11.1 Å². The normalized spacial score (nSPS) is 14.6. The number of nitrogens with one attached hydrogen (secondary N) is 1. The number of hydrogen-bond acceptors (Lipinski definition) is 5. The van der Waals surface area contributed by atoms with Gasteiger partial charge in [-0.15, -0.1) is 0 Å². The van der Waals surface area contributed by atoms with E-state index in [1.807, 2.05) is 24.9 Å². The lowest BCUT2D eigenvalue weighted by molar-refractivity contribution is 0.746. The second-order valence-electron chi connectivity index (χ2n) is 5.36. The van der Waals surface area contributed by atoms with Crippen molar-refractivity contribution in [1.29, 1.82) is 0 Å². The van der Waals surface area contributed by atoms with Crippen molar-refractivity contribution in [2.45, 2.75) is 39.0 Å². The number of nitrogens with two attached hydrogens (primary N) is 1. The lowest BCUT2D eigenvalue weighted by atomic mass is 10.2. The summed E-state index contributed by atoms with van der Waals surface area (Å²) in [5, 5.41) is 7.79. The minimum Gasteiger partial charge on any atom is -0.383 e. The molecule has 2 heterocycles. The SMILES string of the molecule is CCc1nn(C)cc1Nc1nc(C2CC2)nc(N)c1C. The number of nitrogens with zero attached hydrogens (tertiary/aromatic N) is 4. The summed E-state index contributed by atoms with van der Waals surface area (Å²) >= 11 is 0. The zero-order valence-electron chi connectivity index (χ0n) is 12.1. The standard InChI is InChI=1S/C14H20N6/c1-4-10-11(7-20(3)19-10)16-13-8(2)12(15)17-14(18-13)9-5-6-9/h7,9H,4-6H2,1-3H3,(H3,15,16,17,18). The molecule has 0 bridgehead atoms. The Hall–Kier alpha value is -2.11. The molecule has 2 aromatic rings. The Labute approximate surface area is 118 Å². The Morgan fingerprint density at radius 3 is 2.80 bits per heavy atom. The van der Waals surface area contributed by atoms with E-state index in [4.69, 9.17) is 5.73 Å². The van der Waals surface area contributed by atoms with Crippen LogP contribution in [0.4, 0.5) is 17.3 Å². The second-order valence-corrected chi connectivity index (χ2v) is 5.36. The first-order chi connectivity index (χ1) is 9.58. The number of anilines is 3. The van der Waals surface area contributed by atoms with Gasteiger partial charge in [-0.2, -0.15) is 5.10 Å². The van der Waals surface area contributed by atoms with Crippen LogP contribution in [0.2, 0.25) is 0 Å². The van der Waals surface area contributed by atoms with Crippen LogP contribution in [0.25, 0.3) is 0 Å². The predicted molar refractivity (Wildman–Crippen MR) is 79.0 cm³/mol. The topological polar surface area (TPSA) is 81.7 Å². The smallest absolute Gasteiger partial charge is 0.139 e. The highest BCUT2D eigenvalue weighted by molar-refractivity contribution is 5.64. The summed E-state index contributed by atoms with van der Waals surface area (Å²) in [6.45, 7) is 4.03. The average molecular weight is 272 g/mol. The predicted octanol–water partition coefficient (Wildman–Crippen LogP) is 2.28. The first kappa shape index (κ1) is 12.9. The molecule has 6 nitrogen and oxygen atoms in total. The van der Waals surface area contributed by atoms with Gasteiger partial charge in [0.1, 0.15) is 17.5 Å². The maximum Gasteiger partial charge on any atom is 0.139 e. The molecule has 0 atom stereocenters. The van der Waals surface area contributed by atoms with Crippen molar-refractivity contribution in [2.75, 3.05) is 11.1 Å². The van der Waals surface area contributed by atoms with Gasteiger partial charge in [0.05, 0.1) is 11.4 Å². The van der Waals surface area contributed by atoms with Gasteiger partial charge in [-0.3, -0.25) is 4.68 Å². The van der Waals surface area contributed by atoms with Crippen molar-refractivity contribution in [3.8, 4) is 0 Å². The molecule has 2 aromatic heterocycles. The summed E-state index contributed by atoms with van der Waals surface area (Å²) in [7, 11) is 1.92. The van der Waals surface area contributed by atoms with E-state index in [1.165, 1.54) is 0 Å². The fourth-order valence-corrected chi connectivity index (χ4v) is 2.23. The highest BCUT2D eigenvalue weighted by Crippen LogP contribution is 2.39. The Balaban J connectivity index is 1.96. The molecule has 3 N–H and O–H groups in total. The minimum atomic E-state index is 0.484. The highest BCUT2D eigenvalue weighted by atomic mass is 15.3. The first-order valence-electron chi connectivity index (χ1n) is 7.02. The molecule has 0 aliphatic heterocycles.